The number of nitrogens with zero attached hydrogens (tertiary/aromatic N) is 4. The molecule has 3 aromatic rings. The number of hydrogen-bond acceptors (Lipinski definition) is 7. The molecule has 1 saturated heterocycles. The lowest BCUT2D eigenvalue weighted by atomic mass is 10.1. The Morgan fingerprint density at radius 1 is 1.11 bits per heavy atom. The SMILES string of the molecule is Cc1cn([C@H]2C[C@H](N=[N+]=[N-])[C@@H](COP(Oc3ccc(I)cc3)Oc3ccc(I)cc3)O2)c(=O)[nH]c1=O. The van der Waals surface area contributed by atoms with Gasteiger partial charge in [0.15, 0.2) is 0 Å². The first-order chi connectivity index (χ1) is 17.3. The zero-order valence-corrected chi connectivity index (χ0v) is 24.0. The normalized spacial score (nSPS) is 19.2. The van der Waals surface area contributed by atoms with Gasteiger partial charge in [0.25, 0.3) is 5.56 Å². The molecule has 0 saturated carbocycles. The maximum atomic E-state index is 12.3. The van der Waals surface area contributed by atoms with Crippen LogP contribution >= 0.6 is 53.8 Å². The molecule has 1 aliphatic rings. The van der Waals surface area contributed by atoms with Crippen molar-refractivity contribution in [3.63, 3.8) is 0 Å². The molecule has 4 rings (SSSR count). The third-order valence-corrected chi connectivity index (χ3v) is 7.71. The van der Waals surface area contributed by atoms with Crippen molar-refractivity contribution < 1.29 is 18.3 Å². The molecule has 0 unspecified atom stereocenters. The summed E-state index contributed by atoms with van der Waals surface area (Å²) in [5.41, 5.74) is 8.33. The highest BCUT2D eigenvalue weighted by atomic mass is 127. The fraction of sp³-hybridized carbons (Fsp3) is 0.273. The summed E-state index contributed by atoms with van der Waals surface area (Å²) >= 11 is 4.41. The minimum atomic E-state index is -1.90. The number of nitrogens with one attached hydrogen (secondary N) is 1. The van der Waals surface area contributed by atoms with E-state index in [9.17, 15) is 9.59 Å². The fourth-order valence-corrected chi connectivity index (χ4v) is 5.11. The Labute approximate surface area is 234 Å². The molecular formula is C22H20I2N5O6P. The summed E-state index contributed by atoms with van der Waals surface area (Å²) in [5, 5.41) is 3.83. The summed E-state index contributed by atoms with van der Waals surface area (Å²) in [4.78, 5) is 29.2. The summed E-state index contributed by atoms with van der Waals surface area (Å²) in [7, 11) is -1.90. The summed E-state index contributed by atoms with van der Waals surface area (Å²) < 4.78 is 27.4. The lowest BCUT2D eigenvalue weighted by Crippen LogP contribution is -2.33. The van der Waals surface area contributed by atoms with Gasteiger partial charge in [-0.05, 0) is 106 Å². The fourth-order valence-electron chi connectivity index (χ4n) is 3.39. The molecule has 2 heterocycles. The maximum Gasteiger partial charge on any atom is 0.463 e. The van der Waals surface area contributed by atoms with Crippen molar-refractivity contribution >= 4 is 53.8 Å². The average molecular weight is 735 g/mol. The Morgan fingerprint density at radius 3 is 2.25 bits per heavy atom. The molecule has 0 amide bonds. The molecular weight excluding hydrogens is 715 g/mol. The number of ether oxygens (including phenoxy) is 1. The number of rotatable bonds is 9. The Balaban J connectivity index is 1.50. The lowest BCUT2D eigenvalue weighted by molar-refractivity contribution is -0.0235. The van der Waals surface area contributed by atoms with Crippen LogP contribution in [0.1, 0.15) is 18.2 Å². The summed E-state index contributed by atoms with van der Waals surface area (Å²) in [5.74, 6) is 1.14. The van der Waals surface area contributed by atoms with Crippen molar-refractivity contribution in [2.24, 2.45) is 5.11 Å². The van der Waals surface area contributed by atoms with Gasteiger partial charge in [-0.3, -0.25) is 18.9 Å². The van der Waals surface area contributed by atoms with E-state index in [1.165, 1.54) is 10.8 Å². The second-order valence-corrected chi connectivity index (χ2v) is 11.3. The smallest absolute Gasteiger partial charge is 0.418 e. The van der Waals surface area contributed by atoms with Gasteiger partial charge in [-0.1, -0.05) is 5.11 Å². The Hall–Kier alpha value is -2.16. The second kappa shape index (κ2) is 12.4. The molecule has 2 aromatic carbocycles. The summed E-state index contributed by atoms with van der Waals surface area (Å²) in [6, 6.07) is 14.3. The zero-order chi connectivity index (χ0) is 25.7. The number of benzene rings is 2. The van der Waals surface area contributed by atoms with Crippen LogP contribution in [0, 0.1) is 14.1 Å². The third kappa shape index (κ3) is 6.99. The summed E-state index contributed by atoms with van der Waals surface area (Å²) in [6.45, 7) is 1.57. The van der Waals surface area contributed by atoms with Crippen molar-refractivity contribution in [2.75, 3.05) is 6.61 Å². The zero-order valence-electron chi connectivity index (χ0n) is 18.8. The highest BCUT2D eigenvalue weighted by Gasteiger charge is 2.37. The Kier molecular flexibility index (Phi) is 9.25. The van der Waals surface area contributed by atoms with E-state index in [2.05, 4.69) is 60.2 Å². The second-order valence-electron chi connectivity index (χ2n) is 7.73. The van der Waals surface area contributed by atoms with Gasteiger partial charge in [0.1, 0.15) is 17.7 Å². The minimum Gasteiger partial charge on any atom is -0.418 e. The number of H-pyrrole nitrogens is 1. The van der Waals surface area contributed by atoms with Crippen molar-refractivity contribution in [1.29, 1.82) is 0 Å². The molecule has 36 heavy (non-hydrogen) atoms. The van der Waals surface area contributed by atoms with Crippen LogP contribution in [0.5, 0.6) is 11.5 Å². The van der Waals surface area contributed by atoms with Crippen molar-refractivity contribution in [2.45, 2.75) is 31.7 Å². The van der Waals surface area contributed by atoms with Crippen molar-refractivity contribution in [1.82, 2.24) is 9.55 Å². The molecule has 1 aliphatic heterocycles. The van der Waals surface area contributed by atoms with Gasteiger partial charge in [0.05, 0.1) is 18.8 Å². The molecule has 1 aromatic heterocycles. The van der Waals surface area contributed by atoms with Crippen LogP contribution in [0.15, 0.2) is 69.4 Å². The van der Waals surface area contributed by atoms with Gasteiger partial charge in [0.2, 0.25) is 0 Å². The Morgan fingerprint density at radius 2 is 1.69 bits per heavy atom. The van der Waals surface area contributed by atoms with Crippen LogP contribution < -0.4 is 20.3 Å². The molecule has 188 valence electrons. The first-order valence-corrected chi connectivity index (χ1v) is 13.9. The van der Waals surface area contributed by atoms with E-state index in [0.29, 0.717) is 17.1 Å². The number of hydrogen-bond donors (Lipinski definition) is 1. The number of azide groups is 1. The van der Waals surface area contributed by atoms with Gasteiger partial charge in [0, 0.05) is 30.2 Å². The molecule has 0 bridgehead atoms. The monoisotopic (exact) mass is 735 g/mol. The molecule has 1 N–H and O–H groups in total. The van der Waals surface area contributed by atoms with Gasteiger partial charge in [-0.15, -0.1) is 0 Å². The minimum absolute atomic E-state index is 0.0162. The molecule has 0 aliphatic carbocycles. The van der Waals surface area contributed by atoms with E-state index in [1.807, 2.05) is 48.5 Å². The quantitative estimate of drug-likeness (QED) is 0.102. The first-order valence-electron chi connectivity index (χ1n) is 10.6. The van der Waals surface area contributed by atoms with Gasteiger partial charge in [-0.25, -0.2) is 4.79 Å². The highest BCUT2D eigenvalue weighted by molar-refractivity contribution is 14.1. The average Bonchev–Trinajstić information content (AvgIpc) is 3.25. The molecule has 3 atom stereocenters. The third-order valence-electron chi connectivity index (χ3n) is 5.19. The van der Waals surface area contributed by atoms with Crippen LogP contribution in [0.25, 0.3) is 10.4 Å². The number of aromatic nitrogens is 2. The number of aryl methyl sites for hydroxylation is 1. The maximum absolute atomic E-state index is 12.3. The van der Waals surface area contributed by atoms with Crippen LogP contribution in [0.3, 0.4) is 0 Å². The molecule has 0 spiro atoms. The van der Waals surface area contributed by atoms with Crippen LogP contribution in [0.2, 0.25) is 0 Å². The van der Waals surface area contributed by atoms with Gasteiger partial charge >= 0.3 is 14.3 Å². The predicted octanol–water partition coefficient (Wildman–Crippen LogP) is 5.42. The van der Waals surface area contributed by atoms with E-state index in [-0.39, 0.29) is 13.0 Å². The standard InChI is InChI=1S/C22H20I2N5O6P/c1-13-11-29(22(31)26-21(13)30)20-10-18(27-28-25)19(33-20)12-32-36(34-16-6-2-14(23)3-7-16)35-17-8-4-15(24)5-9-17/h2-9,11,18-20H,10,12H2,1H3,(H,26,30,31)/t18-,19+,20+/m0/s1. The number of aromatic amines is 1. The number of halogens is 2. The van der Waals surface area contributed by atoms with E-state index in [4.69, 9.17) is 23.8 Å². The summed E-state index contributed by atoms with van der Waals surface area (Å²) in [6.07, 6.45) is 0.250. The van der Waals surface area contributed by atoms with Gasteiger partial charge < -0.3 is 13.8 Å². The van der Waals surface area contributed by atoms with E-state index in [1.54, 1.807) is 6.92 Å². The molecule has 11 nitrogen and oxygen atoms in total. The molecule has 1 fully saturated rings. The topological polar surface area (TPSA) is 141 Å². The Bertz CT molecular complexity index is 1310. The van der Waals surface area contributed by atoms with E-state index >= 15 is 0 Å². The molecule has 14 heteroatoms. The predicted molar refractivity (Wildman–Crippen MR) is 150 cm³/mol. The lowest BCUT2D eigenvalue weighted by Gasteiger charge is -2.21. The first kappa shape index (κ1) is 26.9. The van der Waals surface area contributed by atoms with Crippen molar-refractivity contribution in [3.8, 4) is 11.5 Å². The van der Waals surface area contributed by atoms with E-state index < -0.39 is 38.2 Å². The molecule has 0 radical (unpaired) electrons. The largest absolute Gasteiger partial charge is 0.463 e. The van der Waals surface area contributed by atoms with E-state index in [0.717, 1.165) is 7.14 Å². The van der Waals surface area contributed by atoms with Crippen LogP contribution in [0.4, 0.5) is 0 Å². The van der Waals surface area contributed by atoms with Crippen LogP contribution in [-0.2, 0) is 9.26 Å². The van der Waals surface area contributed by atoms with Gasteiger partial charge in [-0.2, -0.15) is 0 Å². The highest BCUT2D eigenvalue weighted by Crippen LogP contribution is 2.43. The van der Waals surface area contributed by atoms with Crippen LogP contribution in [-0.4, -0.2) is 28.3 Å². The van der Waals surface area contributed by atoms with Crippen molar-refractivity contribution in [3.05, 3.63) is 98.7 Å².